The Morgan fingerprint density at radius 1 is 1.19 bits per heavy atom. The van der Waals surface area contributed by atoms with Gasteiger partial charge in [0.2, 0.25) is 17.7 Å². The van der Waals surface area contributed by atoms with Gasteiger partial charge in [0.25, 0.3) is 0 Å². The number of rotatable bonds is 12. The van der Waals surface area contributed by atoms with Crippen LogP contribution in [0.25, 0.3) is 0 Å². The Morgan fingerprint density at radius 3 is 2.39 bits per heavy atom. The Labute approximate surface area is 213 Å². The van der Waals surface area contributed by atoms with E-state index in [1.54, 1.807) is 26.8 Å². The van der Waals surface area contributed by atoms with Gasteiger partial charge in [-0.25, -0.2) is 4.79 Å². The molecule has 0 aliphatic heterocycles. The van der Waals surface area contributed by atoms with Crippen molar-refractivity contribution >= 4 is 23.8 Å². The molecule has 2 unspecified atom stereocenters. The maximum atomic E-state index is 13.7. The summed E-state index contributed by atoms with van der Waals surface area (Å²) in [6.45, 7) is 10.7. The molecule has 10 nitrogen and oxygen atoms in total. The first-order valence-electron chi connectivity index (χ1n) is 12.1. The molecule has 0 heterocycles. The molecule has 198 valence electrons. The number of hydrogen-bond acceptors (Lipinski definition) is 6. The zero-order valence-electron chi connectivity index (χ0n) is 22.1. The molecule has 4 N–H and O–H groups in total. The number of amides is 4. The number of nitrogens with one attached hydrogen (secondary N) is 2. The fourth-order valence-electron chi connectivity index (χ4n) is 3.63. The molecular weight excluding hydrogens is 462 g/mol. The van der Waals surface area contributed by atoms with Gasteiger partial charge in [-0.05, 0) is 58.6 Å². The van der Waals surface area contributed by atoms with E-state index < -0.39 is 48.0 Å². The quantitative estimate of drug-likeness (QED) is 0.295. The molecule has 0 radical (unpaired) electrons. The first-order chi connectivity index (χ1) is 16.8. The molecule has 1 rings (SSSR count). The molecule has 0 aliphatic carbocycles. The van der Waals surface area contributed by atoms with Gasteiger partial charge in [-0.15, -0.1) is 0 Å². The van der Waals surface area contributed by atoms with E-state index in [4.69, 9.17) is 10.5 Å². The Bertz CT molecular complexity index is 980. The highest BCUT2D eigenvalue weighted by atomic mass is 16.6. The van der Waals surface area contributed by atoms with Crippen LogP contribution in [0.3, 0.4) is 0 Å². The van der Waals surface area contributed by atoms with E-state index in [9.17, 15) is 24.4 Å². The molecule has 0 bridgehead atoms. The van der Waals surface area contributed by atoms with Gasteiger partial charge < -0.3 is 26.0 Å². The van der Waals surface area contributed by atoms with Crippen LogP contribution < -0.4 is 16.4 Å². The normalized spacial score (nSPS) is 12.6. The van der Waals surface area contributed by atoms with E-state index in [0.29, 0.717) is 12.1 Å². The monoisotopic (exact) mass is 501 g/mol. The Kier molecular flexibility index (Phi) is 11.9. The van der Waals surface area contributed by atoms with Crippen LogP contribution in [0, 0.1) is 25.2 Å². The van der Waals surface area contributed by atoms with Crippen molar-refractivity contribution in [2.75, 3.05) is 13.1 Å². The van der Waals surface area contributed by atoms with Gasteiger partial charge >= 0.3 is 6.09 Å². The van der Waals surface area contributed by atoms with E-state index >= 15 is 0 Å². The Hall–Kier alpha value is -3.61. The number of nitrogens with two attached hydrogens (primary N) is 1. The average molecular weight is 502 g/mol. The summed E-state index contributed by atoms with van der Waals surface area (Å²) in [7, 11) is 0. The van der Waals surface area contributed by atoms with Crippen LogP contribution in [0.15, 0.2) is 18.2 Å². The van der Waals surface area contributed by atoms with E-state index in [2.05, 4.69) is 10.6 Å². The van der Waals surface area contributed by atoms with Gasteiger partial charge in [-0.2, -0.15) is 5.26 Å². The second kappa shape index (κ2) is 14.1. The van der Waals surface area contributed by atoms with Gasteiger partial charge in [-0.3, -0.25) is 14.4 Å². The number of aryl methyl sites for hydroxylation is 2. The molecular formula is C26H39N5O5. The number of nitriles is 1. The van der Waals surface area contributed by atoms with E-state index in [1.165, 1.54) is 0 Å². The van der Waals surface area contributed by atoms with Crippen molar-refractivity contribution < 1.29 is 23.9 Å². The summed E-state index contributed by atoms with van der Waals surface area (Å²) in [5.74, 6) is -1.79. The summed E-state index contributed by atoms with van der Waals surface area (Å²) >= 11 is 0. The zero-order valence-corrected chi connectivity index (χ0v) is 22.1. The van der Waals surface area contributed by atoms with Gasteiger partial charge in [0.15, 0.2) is 0 Å². The largest absolute Gasteiger partial charge is 0.444 e. The molecule has 0 fully saturated rings. The van der Waals surface area contributed by atoms with Gasteiger partial charge in [-0.1, -0.05) is 37.1 Å². The van der Waals surface area contributed by atoms with Gasteiger partial charge in [0.1, 0.15) is 24.2 Å². The van der Waals surface area contributed by atoms with E-state index in [1.807, 2.05) is 39.0 Å². The minimum atomic E-state index is -1.24. The molecule has 0 spiro atoms. The topological polar surface area (TPSA) is 155 Å². The first kappa shape index (κ1) is 30.4. The fraction of sp³-hybridized carbons (Fsp3) is 0.577. The molecule has 10 heteroatoms. The number of nitrogens with zero attached hydrogens (tertiary/aromatic N) is 2. The van der Waals surface area contributed by atoms with E-state index in [0.717, 1.165) is 28.9 Å². The van der Waals surface area contributed by atoms with Crippen LogP contribution >= 0.6 is 0 Å². The van der Waals surface area contributed by atoms with E-state index in [-0.39, 0.29) is 12.8 Å². The molecule has 0 saturated carbocycles. The number of carbonyl (C=O) groups excluding carboxylic acids is 4. The van der Waals surface area contributed by atoms with Crippen molar-refractivity contribution in [3.63, 3.8) is 0 Å². The smallest absolute Gasteiger partial charge is 0.408 e. The fourth-order valence-corrected chi connectivity index (χ4v) is 3.63. The SMILES string of the molecule is CCCCNC(=O)C(c1ccc(C)cc1C)N(CC#N)C(=O)C(CCC(N)=O)NC(=O)OC(C)(C)C. The summed E-state index contributed by atoms with van der Waals surface area (Å²) in [6, 6.07) is 5.07. The minimum absolute atomic E-state index is 0.119. The minimum Gasteiger partial charge on any atom is -0.444 e. The number of alkyl carbamates (subject to hydrolysis) is 1. The summed E-state index contributed by atoms with van der Waals surface area (Å²) in [6.07, 6.45) is 0.442. The lowest BCUT2D eigenvalue weighted by Gasteiger charge is -2.33. The number of carbonyl (C=O) groups is 4. The lowest BCUT2D eigenvalue weighted by molar-refractivity contribution is -0.142. The standard InChI is InChI=1S/C26H39N5O5/c1-7-8-14-29-23(33)22(19-10-9-17(2)16-18(19)3)31(15-13-27)24(34)20(11-12-21(28)32)30-25(35)36-26(4,5)6/h9-10,16,20,22H,7-8,11-12,14-15H2,1-6H3,(H2,28,32)(H,29,33)(H,30,35). The predicted octanol–water partition coefficient (Wildman–Crippen LogP) is 2.77. The highest BCUT2D eigenvalue weighted by Gasteiger charge is 2.37. The zero-order chi connectivity index (χ0) is 27.5. The lowest BCUT2D eigenvalue weighted by atomic mass is 9.96. The van der Waals surface area contributed by atoms with Crippen LogP contribution in [0.2, 0.25) is 0 Å². The van der Waals surface area contributed by atoms with Gasteiger partial charge in [0, 0.05) is 13.0 Å². The highest BCUT2D eigenvalue weighted by Crippen LogP contribution is 2.27. The number of hydrogen-bond donors (Lipinski definition) is 3. The Morgan fingerprint density at radius 2 is 1.86 bits per heavy atom. The van der Waals surface area contributed by atoms with Crippen molar-refractivity contribution in [3.05, 3.63) is 34.9 Å². The first-order valence-corrected chi connectivity index (χ1v) is 12.1. The number of ether oxygens (including phenoxy) is 1. The third-order valence-corrected chi connectivity index (χ3v) is 5.30. The summed E-state index contributed by atoms with van der Waals surface area (Å²) in [5.41, 5.74) is 6.77. The van der Waals surface area contributed by atoms with Crippen molar-refractivity contribution in [2.45, 2.75) is 84.9 Å². The van der Waals surface area contributed by atoms with Crippen molar-refractivity contribution in [2.24, 2.45) is 5.73 Å². The molecule has 1 aromatic rings. The molecule has 4 amide bonds. The third-order valence-electron chi connectivity index (χ3n) is 5.30. The van der Waals surface area contributed by atoms with Crippen LogP contribution in [0.1, 0.15) is 76.1 Å². The maximum Gasteiger partial charge on any atom is 0.408 e. The van der Waals surface area contributed by atoms with Crippen LogP contribution in [-0.4, -0.2) is 53.4 Å². The molecule has 0 saturated heterocycles. The number of primary amides is 1. The van der Waals surface area contributed by atoms with Crippen LogP contribution in [0.5, 0.6) is 0 Å². The highest BCUT2D eigenvalue weighted by molar-refractivity contribution is 5.92. The van der Waals surface area contributed by atoms with Crippen LogP contribution in [-0.2, 0) is 19.1 Å². The van der Waals surface area contributed by atoms with Crippen molar-refractivity contribution in [1.29, 1.82) is 5.26 Å². The molecule has 1 aromatic carbocycles. The lowest BCUT2D eigenvalue weighted by Crippen LogP contribution is -2.53. The number of benzene rings is 1. The summed E-state index contributed by atoms with van der Waals surface area (Å²) in [5, 5.41) is 14.9. The average Bonchev–Trinajstić information content (AvgIpc) is 2.76. The molecule has 0 aliphatic rings. The second-order valence-corrected chi connectivity index (χ2v) is 9.74. The molecule has 2 atom stereocenters. The third kappa shape index (κ3) is 9.94. The maximum absolute atomic E-state index is 13.7. The summed E-state index contributed by atoms with van der Waals surface area (Å²) in [4.78, 5) is 52.2. The number of unbranched alkanes of at least 4 members (excludes halogenated alkanes) is 1. The predicted molar refractivity (Wildman–Crippen MR) is 135 cm³/mol. The van der Waals surface area contributed by atoms with Crippen molar-refractivity contribution in [3.8, 4) is 6.07 Å². The van der Waals surface area contributed by atoms with Gasteiger partial charge in [0.05, 0.1) is 6.07 Å². The Balaban J connectivity index is 3.47. The molecule has 36 heavy (non-hydrogen) atoms. The molecule has 0 aromatic heterocycles. The van der Waals surface area contributed by atoms with Crippen molar-refractivity contribution in [1.82, 2.24) is 15.5 Å². The van der Waals surface area contributed by atoms with Crippen LogP contribution in [0.4, 0.5) is 4.79 Å². The summed E-state index contributed by atoms with van der Waals surface area (Å²) < 4.78 is 5.27. The second-order valence-electron chi connectivity index (χ2n) is 9.74.